The van der Waals surface area contributed by atoms with Crippen LogP contribution in [0.1, 0.15) is 19.8 Å². The highest BCUT2D eigenvalue weighted by atomic mass is 35.5. The molecule has 0 radical (unpaired) electrons. The van der Waals surface area contributed by atoms with E-state index in [-0.39, 0.29) is 16.9 Å². The van der Waals surface area contributed by atoms with Crippen molar-refractivity contribution < 1.29 is 13.2 Å². The average Bonchev–Trinajstić information content (AvgIpc) is 3.29. The van der Waals surface area contributed by atoms with Gasteiger partial charge < -0.3 is 14.4 Å². The lowest BCUT2D eigenvalue weighted by Crippen LogP contribution is -2.52. The first-order valence-electron chi connectivity index (χ1n) is 10.7. The molecule has 2 aliphatic heterocycles. The highest BCUT2D eigenvalue weighted by Crippen LogP contribution is 2.26. The van der Waals surface area contributed by atoms with Crippen molar-refractivity contribution in [3.05, 3.63) is 41.8 Å². The third-order valence-electron chi connectivity index (χ3n) is 6.15. The number of carbonyl (C=O) groups excluding carboxylic acids is 1. The monoisotopic (exact) mass is 465 g/mol. The van der Waals surface area contributed by atoms with Gasteiger partial charge in [-0.2, -0.15) is 4.31 Å². The van der Waals surface area contributed by atoms with Gasteiger partial charge in [-0.25, -0.2) is 13.4 Å². The van der Waals surface area contributed by atoms with Crippen LogP contribution in [0.3, 0.4) is 0 Å². The summed E-state index contributed by atoms with van der Waals surface area (Å²) in [5.41, 5.74) is 1.07. The van der Waals surface area contributed by atoms with Gasteiger partial charge in [0.1, 0.15) is 0 Å². The molecule has 4 rings (SSSR count). The zero-order valence-corrected chi connectivity index (χ0v) is 19.2. The van der Waals surface area contributed by atoms with Gasteiger partial charge in [-0.1, -0.05) is 17.7 Å². The van der Waals surface area contributed by atoms with Crippen molar-refractivity contribution in [1.29, 1.82) is 0 Å². The van der Waals surface area contributed by atoms with Crippen LogP contribution >= 0.6 is 11.6 Å². The molecule has 0 unspecified atom stereocenters. The Kier molecular flexibility index (Phi) is 6.55. The van der Waals surface area contributed by atoms with Crippen molar-refractivity contribution in [3.63, 3.8) is 0 Å². The van der Waals surface area contributed by atoms with E-state index in [0.717, 1.165) is 18.8 Å². The lowest BCUT2D eigenvalue weighted by molar-refractivity contribution is -0.137. The van der Waals surface area contributed by atoms with E-state index < -0.39 is 10.0 Å². The van der Waals surface area contributed by atoms with E-state index in [0.29, 0.717) is 50.6 Å². The standard InChI is InChI=1S/C21H28ClN5O3S/c1-2-24-15-20(23-16-24)31(29,30)27-8-6-17(7-9-27)21(28)26-12-10-25(11-13-26)19-5-3-4-18(22)14-19/h3-5,14-17H,2,6-13H2,1H3. The lowest BCUT2D eigenvalue weighted by Gasteiger charge is -2.39. The van der Waals surface area contributed by atoms with Crippen molar-refractivity contribution in [1.82, 2.24) is 18.8 Å². The molecule has 1 amide bonds. The SMILES string of the molecule is CCn1cnc(S(=O)(=O)N2CCC(C(=O)N3CCN(c4cccc(Cl)c4)CC3)CC2)c1. The molecular formula is C21H28ClN5O3S. The van der Waals surface area contributed by atoms with E-state index in [2.05, 4.69) is 9.88 Å². The number of amides is 1. The van der Waals surface area contributed by atoms with Crippen LogP contribution in [0.4, 0.5) is 5.69 Å². The number of aryl methyl sites for hydroxylation is 1. The molecule has 0 spiro atoms. The van der Waals surface area contributed by atoms with E-state index in [4.69, 9.17) is 11.6 Å². The highest BCUT2D eigenvalue weighted by molar-refractivity contribution is 7.89. The predicted molar refractivity (Wildman–Crippen MR) is 120 cm³/mol. The number of rotatable bonds is 5. The van der Waals surface area contributed by atoms with Gasteiger partial charge in [-0.3, -0.25) is 4.79 Å². The van der Waals surface area contributed by atoms with Crippen LogP contribution < -0.4 is 4.90 Å². The van der Waals surface area contributed by atoms with Crippen molar-refractivity contribution in [2.24, 2.45) is 5.92 Å². The largest absolute Gasteiger partial charge is 0.368 e. The normalized spacial score (nSPS) is 19.0. The molecule has 2 saturated heterocycles. The molecule has 8 nitrogen and oxygen atoms in total. The number of nitrogens with zero attached hydrogens (tertiary/aromatic N) is 5. The Balaban J connectivity index is 1.30. The first kappa shape index (κ1) is 22.1. The molecule has 2 fully saturated rings. The molecule has 0 saturated carbocycles. The van der Waals surface area contributed by atoms with Crippen LogP contribution in [-0.4, -0.2) is 72.3 Å². The predicted octanol–water partition coefficient (Wildman–Crippen LogP) is 2.31. The van der Waals surface area contributed by atoms with Crippen molar-refractivity contribution >= 4 is 33.2 Å². The quantitative estimate of drug-likeness (QED) is 0.677. The number of carbonyl (C=O) groups is 1. The molecule has 0 aliphatic carbocycles. The second kappa shape index (κ2) is 9.18. The van der Waals surface area contributed by atoms with E-state index >= 15 is 0 Å². The summed E-state index contributed by atoms with van der Waals surface area (Å²) in [7, 11) is -3.61. The fraction of sp³-hybridized carbons (Fsp3) is 0.524. The number of aromatic nitrogens is 2. The van der Waals surface area contributed by atoms with Crippen LogP contribution in [0, 0.1) is 5.92 Å². The molecule has 3 heterocycles. The molecule has 10 heteroatoms. The Hall–Kier alpha value is -2.10. The molecule has 2 aliphatic rings. The fourth-order valence-corrected chi connectivity index (χ4v) is 5.83. The average molecular weight is 466 g/mol. The summed E-state index contributed by atoms with van der Waals surface area (Å²) in [6.45, 7) is 6.16. The van der Waals surface area contributed by atoms with Crippen LogP contribution in [0.25, 0.3) is 0 Å². The van der Waals surface area contributed by atoms with E-state index in [9.17, 15) is 13.2 Å². The molecule has 168 valence electrons. The van der Waals surface area contributed by atoms with Crippen molar-refractivity contribution in [2.75, 3.05) is 44.2 Å². The first-order chi connectivity index (χ1) is 14.9. The summed E-state index contributed by atoms with van der Waals surface area (Å²) in [6, 6.07) is 7.76. The summed E-state index contributed by atoms with van der Waals surface area (Å²) in [6.07, 6.45) is 4.18. The lowest BCUT2D eigenvalue weighted by atomic mass is 9.96. The summed E-state index contributed by atoms with van der Waals surface area (Å²) in [5, 5.41) is 0.787. The molecule has 0 bridgehead atoms. The topological polar surface area (TPSA) is 78.8 Å². The van der Waals surface area contributed by atoms with Gasteiger partial charge in [0.15, 0.2) is 5.03 Å². The first-order valence-corrected chi connectivity index (χ1v) is 12.5. The maximum absolute atomic E-state index is 13.0. The Morgan fingerprint density at radius 2 is 1.84 bits per heavy atom. The molecular weight excluding hydrogens is 438 g/mol. The summed E-state index contributed by atoms with van der Waals surface area (Å²) in [5.74, 6) is 0.00965. The molecule has 31 heavy (non-hydrogen) atoms. The number of sulfonamides is 1. The molecule has 0 atom stereocenters. The van der Waals surface area contributed by atoms with Crippen molar-refractivity contribution in [3.8, 4) is 0 Å². The second-order valence-electron chi connectivity index (χ2n) is 8.01. The van der Waals surface area contributed by atoms with Crippen LogP contribution in [-0.2, 0) is 21.4 Å². The Morgan fingerprint density at radius 3 is 2.45 bits per heavy atom. The molecule has 0 N–H and O–H groups in total. The number of hydrogen-bond acceptors (Lipinski definition) is 5. The third kappa shape index (κ3) is 4.73. The zero-order valence-electron chi connectivity index (χ0n) is 17.7. The second-order valence-corrected chi connectivity index (χ2v) is 10.3. The fourth-order valence-electron chi connectivity index (χ4n) is 4.24. The van der Waals surface area contributed by atoms with E-state index in [1.54, 1.807) is 10.8 Å². The molecule has 1 aromatic carbocycles. The van der Waals surface area contributed by atoms with Crippen LogP contribution in [0.2, 0.25) is 5.02 Å². The number of benzene rings is 1. The Labute approximate surface area is 188 Å². The minimum Gasteiger partial charge on any atom is -0.368 e. The summed E-state index contributed by atoms with van der Waals surface area (Å²) >= 11 is 6.09. The van der Waals surface area contributed by atoms with Gasteiger partial charge in [-0.15, -0.1) is 0 Å². The number of halogens is 1. The van der Waals surface area contributed by atoms with Crippen LogP contribution in [0.5, 0.6) is 0 Å². The summed E-state index contributed by atoms with van der Waals surface area (Å²) in [4.78, 5) is 21.2. The molecule has 1 aromatic heterocycles. The number of piperidine rings is 1. The molecule has 2 aromatic rings. The Bertz CT molecular complexity index is 1030. The van der Waals surface area contributed by atoms with Gasteiger partial charge >= 0.3 is 0 Å². The number of hydrogen-bond donors (Lipinski definition) is 0. The van der Waals surface area contributed by atoms with Gasteiger partial charge in [0.25, 0.3) is 10.0 Å². The Morgan fingerprint density at radius 1 is 1.13 bits per heavy atom. The smallest absolute Gasteiger partial charge is 0.262 e. The summed E-state index contributed by atoms with van der Waals surface area (Å²) < 4.78 is 28.9. The highest BCUT2D eigenvalue weighted by Gasteiger charge is 2.35. The maximum atomic E-state index is 13.0. The van der Waals surface area contributed by atoms with E-state index in [1.807, 2.05) is 36.1 Å². The minimum atomic E-state index is -3.61. The van der Waals surface area contributed by atoms with E-state index in [1.165, 1.54) is 10.6 Å². The van der Waals surface area contributed by atoms with Gasteiger partial charge in [0.2, 0.25) is 5.91 Å². The van der Waals surface area contributed by atoms with Crippen molar-refractivity contribution in [2.45, 2.75) is 31.3 Å². The third-order valence-corrected chi connectivity index (χ3v) is 8.17. The van der Waals surface area contributed by atoms with Gasteiger partial charge in [0, 0.05) is 68.6 Å². The number of piperazine rings is 1. The number of imidazole rings is 1. The van der Waals surface area contributed by atoms with Gasteiger partial charge in [-0.05, 0) is 38.0 Å². The number of anilines is 1. The minimum absolute atomic E-state index is 0.0799. The van der Waals surface area contributed by atoms with Gasteiger partial charge in [0.05, 0.1) is 6.33 Å². The zero-order chi connectivity index (χ0) is 22.0. The maximum Gasteiger partial charge on any atom is 0.262 e. The van der Waals surface area contributed by atoms with Crippen LogP contribution in [0.15, 0.2) is 41.8 Å².